The summed E-state index contributed by atoms with van der Waals surface area (Å²) in [6.45, 7) is 1.83. The van der Waals surface area contributed by atoms with E-state index in [-0.39, 0.29) is 12.2 Å². The lowest BCUT2D eigenvalue weighted by Gasteiger charge is -2.11. The van der Waals surface area contributed by atoms with E-state index in [0.717, 1.165) is 0 Å². The highest BCUT2D eigenvalue weighted by molar-refractivity contribution is 5.93. The van der Waals surface area contributed by atoms with Gasteiger partial charge in [-0.3, -0.25) is 14.0 Å². The third-order valence-corrected chi connectivity index (χ3v) is 3.46. The number of nitrogens with zero attached hydrogens (tertiary/aromatic N) is 3. The molecule has 0 atom stereocenters. The first kappa shape index (κ1) is 15.0. The second-order valence-corrected chi connectivity index (χ2v) is 4.94. The van der Waals surface area contributed by atoms with Crippen molar-refractivity contribution in [2.45, 2.75) is 6.92 Å². The molecule has 118 valence electrons. The van der Waals surface area contributed by atoms with Crippen molar-refractivity contribution in [1.29, 1.82) is 0 Å². The monoisotopic (exact) mass is 315 g/mol. The molecule has 0 amide bonds. The van der Waals surface area contributed by atoms with Crippen molar-refractivity contribution in [2.24, 2.45) is 7.05 Å². The largest absolute Gasteiger partial charge is 0.462 e. The number of aromatic nitrogens is 3. The van der Waals surface area contributed by atoms with Crippen LogP contribution in [0.5, 0.6) is 0 Å². The van der Waals surface area contributed by atoms with Gasteiger partial charge in [0, 0.05) is 12.4 Å². The summed E-state index contributed by atoms with van der Waals surface area (Å²) in [5.41, 5.74) is 0.327. The summed E-state index contributed by atoms with van der Waals surface area (Å²) in [6, 6.07) is 6.90. The minimum atomic E-state index is -0.695. The number of hydrogen-bond donors (Lipinski definition) is 0. The lowest BCUT2D eigenvalue weighted by atomic mass is 10.2. The predicted octanol–water partition coefficient (Wildman–Crippen LogP) is 2.04. The molecule has 0 unspecified atom stereocenters. The van der Waals surface area contributed by atoms with Crippen LogP contribution in [-0.4, -0.2) is 26.9 Å². The molecule has 0 saturated heterocycles. The van der Waals surface area contributed by atoms with Crippen LogP contribution in [0.25, 0.3) is 16.7 Å². The highest BCUT2D eigenvalue weighted by Gasteiger charge is 2.19. The summed E-state index contributed by atoms with van der Waals surface area (Å²) in [5.74, 6) is -1.11. The summed E-state index contributed by atoms with van der Waals surface area (Å²) < 4.78 is 21.0. The quantitative estimate of drug-likeness (QED) is 0.694. The topological polar surface area (TPSA) is 66.1 Å². The maximum absolute atomic E-state index is 13.2. The molecule has 7 heteroatoms. The van der Waals surface area contributed by atoms with Crippen LogP contribution in [0.3, 0.4) is 0 Å². The Labute approximate surface area is 130 Å². The maximum atomic E-state index is 13.2. The maximum Gasteiger partial charge on any atom is 0.343 e. The van der Waals surface area contributed by atoms with Crippen LogP contribution in [-0.2, 0) is 11.8 Å². The molecule has 2 aromatic heterocycles. The number of aryl methyl sites for hydroxylation is 1. The molecule has 0 fully saturated rings. The number of hydrogen-bond acceptors (Lipinski definition) is 4. The van der Waals surface area contributed by atoms with Gasteiger partial charge in [-0.25, -0.2) is 9.18 Å². The van der Waals surface area contributed by atoms with E-state index in [0.29, 0.717) is 16.7 Å². The number of rotatable bonds is 3. The van der Waals surface area contributed by atoms with Crippen LogP contribution >= 0.6 is 0 Å². The molecule has 0 spiro atoms. The third-order valence-electron chi connectivity index (χ3n) is 3.46. The number of benzene rings is 1. The van der Waals surface area contributed by atoms with E-state index in [2.05, 4.69) is 5.10 Å². The molecular weight excluding hydrogens is 301 g/mol. The fourth-order valence-corrected chi connectivity index (χ4v) is 2.44. The van der Waals surface area contributed by atoms with Crippen molar-refractivity contribution >= 4 is 17.0 Å². The van der Waals surface area contributed by atoms with Gasteiger partial charge in [0.1, 0.15) is 17.0 Å². The number of carbonyl (C=O) groups is 1. The Morgan fingerprint density at radius 3 is 2.65 bits per heavy atom. The minimum absolute atomic E-state index is 0.0864. The second-order valence-electron chi connectivity index (χ2n) is 4.94. The molecule has 6 nitrogen and oxygen atoms in total. The second kappa shape index (κ2) is 5.68. The molecule has 2 heterocycles. The number of esters is 1. The lowest BCUT2D eigenvalue weighted by molar-refractivity contribution is 0.0524. The van der Waals surface area contributed by atoms with Crippen LogP contribution in [0.1, 0.15) is 17.3 Å². The molecule has 0 aliphatic heterocycles. The zero-order valence-corrected chi connectivity index (χ0v) is 12.6. The van der Waals surface area contributed by atoms with Gasteiger partial charge in [0.15, 0.2) is 0 Å². The Morgan fingerprint density at radius 2 is 2.00 bits per heavy atom. The summed E-state index contributed by atoms with van der Waals surface area (Å²) in [4.78, 5) is 24.8. The van der Waals surface area contributed by atoms with Crippen LogP contribution < -0.4 is 5.56 Å². The Hall–Kier alpha value is -2.96. The summed E-state index contributed by atoms with van der Waals surface area (Å²) in [5, 5.41) is 4.73. The molecule has 3 aromatic rings. The van der Waals surface area contributed by atoms with Gasteiger partial charge in [0.05, 0.1) is 18.5 Å². The standard InChI is InChI=1S/C16H14FN3O3/c1-3-23-16(22)13-8-10-9-18-19(2)14(10)20(15(13)21)12-6-4-11(17)5-7-12/h4-9H,3H2,1-2H3. The van der Waals surface area contributed by atoms with E-state index < -0.39 is 17.3 Å². The van der Waals surface area contributed by atoms with Crippen molar-refractivity contribution in [3.8, 4) is 5.69 Å². The molecular formula is C16H14FN3O3. The average molecular weight is 315 g/mol. The Kier molecular flexibility index (Phi) is 3.69. The van der Waals surface area contributed by atoms with E-state index in [4.69, 9.17) is 4.74 Å². The van der Waals surface area contributed by atoms with Crippen LogP contribution in [0.15, 0.2) is 41.3 Å². The number of carbonyl (C=O) groups excluding carboxylic acids is 1. The molecule has 0 aliphatic carbocycles. The first-order chi connectivity index (χ1) is 11.0. The normalized spacial score (nSPS) is 10.9. The molecule has 23 heavy (non-hydrogen) atoms. The van der Waals surface area contributed by atoms with Crippen molar-refractivity contribution in [3.05, 3.63) is 58.3 Å². The number of pyridine rings is 1. The fraction of sp³-hybridized carbons (Fsp3) is 0.188. The highest BCUT2D eigenvalue weighted by Crippen LogP contribution is 2.18. The van der Waals surface area contributed by atoms with Crippen LogP contribution in [0, 0.1) is 5.82 Å². The van der Waals surface area contributed by atoms with Crippen LogP contribution in [0.2, 0.25) is 0 Å². The Morgan fingerprint density at radius 1 is 1.30 bits per heavy atom. The molecule has 0 N–H and O–H groups in total. The number of ether oxygens (including phenoxy) is 1. The van der Waals surface area contributed by atoms with E-state index in [1.54, 1.807) is 20.2 Å². The van der Waals surface area contributed by atoms with Gasteiger partial charge in [-0.2, -0.15) is 5.10 Å². The van der Waals surface area contributed by atoms with E-state index >= 15 is 0 Å². The van der Waals surface area contributed by atoms with Crippen molar-refractivity contribution < 1.29 is 13.9 Å². The van der Waals surface area contributed by atoms with Gasteiger partial charge in [0.2, 0.25) is 0 Å². The van der Waals surface area contributed by atoms with Gasteiger partial charge in [0.25, 0.3) is 5.56 Å². The highest BCUT2D eigenvalue weighted by atomic mass is 19.1. The summed E-state index contributed by atoms with van der Waals surface area (Å²) >= 11 is 0. The van der Waals surface area contributed by atoms with Crippen molar-refractivity contribution in [2.75, 3.05) is 6.61 Å². The van der Waals surface area contributed by atoms with Gasteiger partial charge >= 0.3 is 5.97 Å². The minimum Gasteiger partial charge on any atom is -0.462 e. The zero-order valence-electron chi connectivity index (χ0n) is 12.6. The molecule has 1 aromatic carbocycles. The van der Waals surface area contributed by atoms with Crippen LogP contribution in [0.4, 0.5) is 4.39 Å². The van der Waals surface area contributed by atoms with E-state index in [1.165, 1.54) is 39.6 Å². The van der Waals surface area contributed by atoms with Crippen molar-refractivity contribution in [1.82, 2.24) is 14.3 Å². The molecule has 0 bridgehead atoms. The first-order valence-corrected chi connectivity index (χ1v) is 7.03. The van der Waals surface area contributed by atoms with Gasteiger partial charge in [-0.05, 0) is 37.3 Å². The molecule has 3 rings (SSSR count). The third kappa shape index (κ3) is 2.50. The van der Waals surface area contributed by atoms with E-state index in [1.807, 2.05) is 0 Å². The SMILES string of the molecule is CCOC(=O)c1cc2cnn(C)c2n(-c2ccc(F)cc2)c1=O. The predicted molar refractivity (Wildman–Crippen MR) is 82.2 cm³/mol. The summed E-state index contributed by atoms with van der Waals surface area (Å²) in [7, 11) is 1.69. The average Bonchev–Trinajstić information content (AvgIpc) is 2.89. The van der Waals surface area contributed by atoms with Gasteiger partial charge in [-0.15, -0.1) is 0 Å². The van der Waals surface area contributed by atoms with Crippen molar-refractivity contribution in [3.63, 3.8) is 0 Å². The number of halogens is 1. The lowest BCUT2D eigenvalue weighted by Crippen LogP contribution is -2.27. The molecule has 0 aliphatic rings. The first-order valence-electron chi connectivity index (χ1n) is 7.03. The Balaban J connectivity index is 2.35. The molecule has 0 saturated carbocycles. The van der Waals surface area contributed by atoms with E-state index in [9.17, 15) is 14.0 Å². The summed E-state index contributed by atoms with van der Waals surface area (Å²) in [6.07, 6.45) is 1.55. The fourth-order valence-electron chi connectivity index (χ4n) is 2.44. The Bertz CT molecular complexity index is 942. The zero-order chi connectivity index (χ0) is 16.6. The van der Waals surface area contributed by atoms with Gasteiger partial charge < -0.3 is 4.74 Å². The smallest absolute Gasteiger partial charge is 0.343 e. The molecule has 0 radical (unpaired) electrons. The number of fused-ring (bicyclic) bond motifs is 1. The van der Waals surface area contributed by atoms with Gasteiger partial charge in [-0.1, -0.05) is 0 Å².